The molecule has 0 radical (unpaired) electrons. The Kier molecular flexibility index (Phi) is 6.51. The fourth-order valence-corrected chi connectivity index (χ4v) is 4.13. The summed E-state index contributed by atoms with van der Waals surface area (Å²) in [4.78, 5) is 13.8. The molecule has 0 spiro atoms. The van der Waals surface area contributed by atoms with E-state index in [1.807, 2.05) is 47.6 Å². The topological polar surface area (TPSA) is 66.9 Å². The Morgan fingerprint density at radius 2 is 1.97 bits per heavy atom. The van der Waals surface area contributed by atoms with E-state index in [0.29, 0.717) is 31.7 Å². The van der Waals surface area contributed by atoms with E-state index in [4.69, 9.17) is 18.8 Å². The first kappa shape index (κ1) is 23.0. The van der Waals surface area contributed by atoms with Crippen LogP contribution in [0, 0.1) is 5.41 Å². The van der Waals surface area contributed by atoms with Crippen molar-refractivity contribution < 1.29 is 23.6 Å². The second-order valence-electron chi connectivity index (χ2n) is 9.17. The van der Waals surface area contributed by atoms with Crippen LogP contribution >= 0.6 is 11.5 Å². The summed E-state index contributed by atoms with van der Waals surface area (Å²) in [5.41, 5.74) is 0.504. The number of aromatic nitrogens is 1. The molecule has 1 aliphatic carbocycles. The van der Waals surface area contributed by atoms with Gasteiger partial charge in [0, 0.05) is 6.07 Å². The molecule has 1 aliphatic heterocycles. The number of rotatable bonds is 7. The van der Waals surface area contributed by atoms with Crippen LogP contribution in [0.2, 0.25) is 0 Å². The summed E-state index contributed by atoms with van der Waals surface area (Å²) in [6, 6.07) is 1.86. The number of esters is 1. The van der Waals surface area contributed by atoms with Gasteiger partial charge in [0.05, 0.1) is 22.7 Å². The van der Waals surface area contributed by atoms with Crippen LogP contribution in [0.25, 0.3) is 5.57 Å². The highest BCUT2D eigenvalue weighted by atomic mass is 32.1. The molecule has 164 valence electrons. The molecule has 6 nitrogen and oxygen atoms in total. The summed E-state index contributed by atoms with van der Waals surface area (Å²) in [6.07, 6.45) is 3.88. The molecule has 30 heavy (non-hydrogen) atoms. The van der Waals surface area contributed by atoms with Gasteiger partial charge in [-0.15, -0.1) is 0 Å². The molecule has 0 saturated carbocycles. The normalized spacial score (nSPS) is 25.0. The molecular weight excluding hydrogens is 401 g/mol. The summed E-state index contributed by atoms with van der Waals surface area (Å²) in [6.45, 7) is 16.4. The summed E-state index contributed by atoms with van der Waals surface area (Å²) < 4.78 is 28.0. The van der Waals surface area contributed by atoms with Crippen molar-refractivity contribution in [2.75, 3.05) is 13.2 Å². The van der Waals surface area contributed by atoms with E-state index in [9.17, 15) is 4.79 Å². The lowest BCUT2D eigenvalue weighted by Gasteiger charge is -2.34. The first-order chi connectivity index (χ1) is 14.0. The summed E-state index contributed by atoms with van der Waals surface area (Å²) in [7, 11) is -0.382. The largest absolute Gasteiger partial charge is 0.490 e. The van der Waals surface area contributed by atoms with Gasteiger partial charge in [-0.2, -0.15) is 4.37 Å². The van der Waals surface area contributed by atoms with Crippen LogP contribution < -0.4 is 4.74 Å². The molecule has 2 aliphatic rings. The van der Waals surface area contributed by atoms with Gasteiger partial charge in [-0.25, -0.2) is 0 Å². The van der Waals surface area contributed by atoms with Gasteiger partial charge >= 0.3 is 13.1 Å². The van der Waals surface area contributed by atoms with E-state index in [2.05, 4.69) is 17.0 Å². The number of hydrogen-bond acceptors (Lipinski definition) is 7. The lowest BCUT2D eigenvalue weighted by molar-refractivity contribution is -0.158. The Labute approximate surface area is 183 Å². The molecule has 1 aromatic heterocycles. The van der Waals surface area contributed by atoms with Gasteiger partial charge in [0.1, 0.15) is 12.0 Å². The average Bonchev–Trinajstić information content (AvgIpc) is 3.23. The Morgan fingerprint density at radius 1 is 1.30 bits per heavy atom. The number of ether oxygens (including phenoxy) is 2. The second kappa shape index (κ2) is 8.48. The Hall–Kier alpha value is -1.64. The highest BCUT2D eigenvalue weighted by molar-refractivity contribution is 7.07. The number of allylic oxidation sites excluding steroid dienone is 3. The van der Waals surface area contributed by atoms with Crippen molar-refractivity contribution >= 4 is 30.2 Å². The fraction of sp³-hybridized carbons (Fsp3) is 0.636. The SMILES string of the molecule is C=C(C)c1cc(OCC2(C(=O)OCC)CC=C(B3OC(C)(C)C(C)(C)O3)CC2)ns1. The Balaban J connectivity index is 1.73. The fourth-order valence-electron chi connectivity index (χ4n) is 3.52. The lowest BCUT2D eigenvalue weighted by atomic mass is 9.66. The number of hydrogen-bond donors (Lipinski definition) is 0. The van der Waals surface area contributed by atoms with Gasteiger partial charge in [0.2, 0.25) is 5.88 Å². The van der Waals surface area contributed by atoms with Gasteiger partial charge in [0.15, 0.2) is 0 Å². The number of carbonyl (C=O) groups excluding carboxylic acids is 1. The van der Waals surface area contributed by atoms with Gasteiger partial charge in [-0.05, 0) is 83.4 Å². The molecule has 0 amide bonds. The van der Waals surface area contributed by atoms with Crippen LogP contribution in [0.15, 0.2) is 24.2 Å². The van der Waals surface area contributed by atoms with Crippen LogP contribution in [-0.4, -0.2) is 41.9 Å². The van der Waals surface area contributed by atoms with E-state index in [-0.39, 0.29) is 30.9 Å². The molecule has 0 aromatic carbocycles. The Morgan fingerprint density at radius 3 is 2.47 bits per heavy atom. The lowest BCUT2D eigenvalue weighted by Crippen LogP contribution is -2.41. The van der Waals surface area contributed by atoms with Gasteiger partial charge in [-0.3, -0.25) is 4.79 Å². The zero-order valence-electron chi connectivity index (χ0n) is 18.9. The monoisotopic (exact) mass is 433 g/mol. The molecule has 3 rings (SSSR count). The van der Waals surface area contributed by atoms with Crippen LogP contribution in [0.3, 0.4) is 0 Å². The molecule has 1 unspecified atom stereocenters. The highest BCUT2D eigenvalue weighted by Crippen LogP contribution is 2.43. The Bertz CT molecular complexity index is 830. The standard InChI is InChI=1S/C22H32BNO5S/c1-8-26-19(25)22(14-27-18-13-17(15(2)3)30-24-18)11-9-16(10-12-22)23-28-20(4,5)21(6,7)29-23/h9,13H,2,8,10-12,14H2,1,3-7H3. The van der Waals surface area contributed by atoms with Crippen molar-refractivity contribution in [3.63, 3.8) is 0 Å². The predicted molar refractivity (Wildman–Crippen MR) is 119 cm³/mol. The van der Waals surface area contributed by atoms with Crippen molar-refractivity contribution in [2.45, 2.75) is 72.0 Å². The van der Waals surface area contributed by atoms with E-state index in [1.165, 1.54) is 11.5 Å². The average molecular weight is 433 g/mol. The maximum atomic E-state index is 12.9. The highest BCUT2D eigenvalue weighted by Gasteiger charge is 2.53. The third-order valence-corrected chi connectivity index (χ3v) is 7.25. The third-order valence-electron chi connectivity index (χ3n) is 6.32. The molecule has 1 saturated heterocycles. The summed E-state index contributed by atoms with van der Waals surface area (Å²) in [5.74, 6) is 0.284. The molecular formula is C22H32BNO5S. The third kappa shape index (κ3) is 4.50. The van der Waals surface area contributed by atoms with Gasteiger partial charge in [-0.1, -0.05) is 12.7 Å². The van der Waals surface area contributed by atoms with E-state index in [0.717, 1.165) is 15.9 Å². The minimum atomic E-state index is -0.740. The smallest absolute Gasteiger partial charge is 0.476 e. The van der Waals surface area contributed by atoms with Crippen molar-refractivity contribution in [1.82, 2.24) is 4.37 Å². The van der Waals surface area contributed by atoms with E-state index in [1.54, 1.807) is 0 Å². The number of nitrogens with zero attached hydrogens (tertiary/aromatic N) is 1. The summed E-state index contributed by atoms with van der Waals surface area (Å²) in [5, 5.41) is 0. The van der Waals surface area contributed by atoms with Crippen LogP contribution in [0.4, 0.5) is 0 Å². The van der Waals surface area contributed by atoms with Gasteiger partial charge < -0.3 is 18.8 Å². The van der Waals surface area contributed by atoms with E-state index >= 15 is 0 Å². The maximum Gasteiger partial charge on any atom is 0.490 e. The zero-order valence-corrected chi connectivity index (χ0v) is 19.7. The van der Waals surface area contributed by atoms with Crippen molar-refractivity contribution in [3.05, 3.63) is 29.1 Å². The minimum Gasteiger partial charge on any atom is -0.476 e. The van der Waals surface area contributed by atoms with E-state index < -0.39 is 5.41 Å². The van der Waals surface area contributed by atoms with Crippen LogP contribution in [0.5, 0.6) is 5.88 Å². The van der Waals surface area contributed by atoms with Gasteiger partial charge in [0.25, 0.3) is 0 Å². The van der Waals surface area contributed by atoms with Crippen molar-refractivity contribution in [1.29, 1.82) is 0 Å². The zero-order chi connectivity index (χ0) is 22.2. The summed E-state index contributed by atoms with van der Waals surface area (Å²) >= 11 is 1.34. The molecule has 8 heteroatoms. The molecule has 2 heterocycles. The van der Waals surface area contributed by atoms with Crippen LogP contribution in [0.1, 0.15) is 65.7 Å². The maximum absolute atomic E-state index is 12.9. The second-order valence-corrected chi connectivity index (χ2v) is 9.98. The molecule has 1 atom stereocenters. The van der Waals surface area contributed by atoms with Crippen molar-refractivity contribution in [2.24, 2.45) is 5.41 Å². The van der Waals surface area contributed by atoms with Crippen molar-refractivity contribution in [3.8, 4) is 5.88 Å². The molecule has 0 bridgehead atoms. The predicted octanol–water partition coefficient (Wildman–Crippen LogP) is 4.85. The minimum absolute atomic E-state index is 0.221. The molecule has 1 fully saturated rings. The van der Waals surface area contributed by atoms with Crippen LogP contribution in [-0.2, 0) is 18.8 Å². The number of carbonyl (C=O) groups is 1. The quantitative estimate of drug-likeness (QED) is 0.453. The first-order valence-corrected chi connectivity index (χ1v) is 11.2. The molecule has 1 aromatic rings. The molecule has 0 N–H and O–H groups in total. The first-order valence-electron chi connectivity index (χ1n) is 10.5.